The van der Waals surface area contributed by atoms with E-state index in [2.05, 4.69) is 14.7 Å². The molecule has 6 rings (SSSR count). The van der Waals surface area contributed by atoms with Crippen LogP contribution in [-0.4, -0.2) is 75.6 Å². The molecule has 0 saturated carbocycles. The van der Waals surface area contributed by atoms with Crippen molar-refractivity contribution in [3.63, 3.8) is 0 Å². The predicted octanol–water partition coefficient (Wildman–Crippen LogP) is 5.58. The van der Waals surface area contributed by atoms with Crippen molar-refractivity contribution in [1.82, 2.24) is 24.4 Å². The molecule has 0 spiro atoms. The third-order valence-corrected chi connectivity index (χ3v) is 9.66. The molecular formula is C28H37ClN6OS. The Morgan fingerprint density at radius 2 is 1.70 bits per heavy atom. The van der Waals surface area contributed by atoms with Crippen LogP contribution in [0.1, 0.15) is 57.8 Å². The van der Waals surface area contributed by atoms with E-state index in [4.69, 9.17) is 21.7 Å². The summed E-state index contributed by atoms with van der Waals surface area (Å²) in [7, 11) is 0. The second kappa shape index (κ2) is 11.3. The molecule has 2 aromatic heterocycles. The lowest BCUT2D eigenvalue weighted by Crippen LogP contribution is -2.49. The molecule has 1 unspecified atom stereocenters. The first-order valence-electron chi connectivity index (χ1n) is 14.0. The lowest BCUT2D eigenvalue weighted by molar-refractivity contribution is -0.140. The van der Waals surface area contributed by atoms with Gasteiger partial charge in [0.2, 0.25) is 16.0 Å². The van der Waals surface area contributed by atoms with Gasteiger partial charge in [0.15, 0.2) is 0 Å². The zero-order valence-electron chi connectivity index (χ0n) is 21.5. The maximum Gasteiger partial charge on any atom is 0.226 e. The number of amides is 1. The first-order chi connectivity index (χ1) is 18.1. The Balaban J connectivity index is 1.04. The van der Waals surface area contributed by atoms with E-state index in [-0.39, 0.29) is 5.92 Å². The van der Waals surface area contributed by atoms with E-state index >= 15 is 0 Å². The van der Waals surface area contributed by atoms with Gasteiger partial charge in [0.05, 0.1) is 11.9 Å². The van der Waals surface area contributed by atoms with E-state index in [0.717, 1.165) is 78.2 Å². The Kier molecular flexibility index (Phi) is 7.67. The zero-order valence-corrected chi connectivity index (χ0v) is 23.1. The highest BCUT2D eigenvalue weighted by molar-refractivity contribution is 7.20. The molecule has 37 heavy (non-hydrogen) atoms. The summed E-state index contributed by atoms with van der Waals surface area (Å²) < 4.78 is 1.88. The Morgan fingerprint density at radius 1 is 0.946 bits per heavy atom. The molecule has 3 saturated heterocycles. The quantitative estimate of drug-likeness (QED) is 0.408. The minimum Gasteiger partial charge on any atom is -0.347 e. The van der Waals surface area contributed by atoms with Gasteiger partial charge in [-0.25, -0.2) is 9.50 Å². The summed E-state index contributed by atoms with van der Waals surface area (Å²) in [5.74, 6) is 0.553. The second-order valence-corrected chi connectivity index (χ2v) is 12.2. The number of aromatic nitrogens is 3. The average molecular weight is 541 g/mol. The molecule has 3 aliphatic rings. The monoisotopic (exact) mass is 540 g/mol. The van der Waals surface area contributed by atoms with Gasteiger partial charge in [0.1, 0.15) is 0 Å². The first kappa shape index (κ1) is 25.1. The van der Waals surface area contributed by atoms with Crippen LogP contribution >= 0.6 is 22.9 Å². The van der Waals surface area contributed by atoms with Crippen LogP contribution in [0.2, 0.25) is 5.02 Å². The Labute approximate surface area is 228 Å². The number of hydrogen-bond acceptors (Lipinski definition) is 6. The number of piperidine rings is 3. The molecule has 1 atom stereocenters. The summed E-state index contributed by atoms with van der Waals surface area (Å²) in [4.78, 5) is 26.5. The van der Waals surface area contributed by atoms with Crippen molar-refractivity contribution in [2.24, 2.45) is 5.92 Å². The largest absolute Gasteiger partial charge is 0.347 e. The fraction of sp³-hybridized carbons (Fsp3) is 0.607. The molecule has 3 aromatic rings. The van der Waals surface area contributed by atoms with Crippen molar-refractivity contribution in [2.45, 2.75) is 63.8 Å². The number of rotatable bonds is 6. The van der Waals surface area contributed by atoms with Gasteiger partial charge in [-0.3, -0.25) is 4.79 Å². The van der Waals surface area contributed by atoms with Crippen molar-refractivity contribution < 1.29 is 4.79 Å². The Morgan fingerprint density at radius 3 is 2.46 bits per heavy atom. The third-order valence-electron chi connectivity index (χ3n) is 8.42. The minimum absolute atomic E-state index is 0.146. The maximum absolute atomic E-state index is 13.6. The number of carbonyl (C=O) groups is 1. The topological polar surface area (TPSA) is 57.0 Å². The molecule has 5 heterocycles. The van der Waals surface area contributed by atoms with Gasteiger partial charge in [-0.15, -0.1) is 5.10 Å². The molecule has 0 aliphatic carbocycles. The molecule has 9 heteroatoms. The number of carbonyl (C=O) groups excluding carboxylic acids is 1. The number of nitrogens with zero attached hydrogens (tertiary/aromatic N) is 6. The van der Waals surface area contributed by atoms with Crippen LogP contribution in [0, 0.1) is 5.92 Å². The van der Waals surface area contributed by atoms with Gasteiger partial charge in [0.25, 0.3) is 0 Å². The minimum atomic E-state index is 0.146. The van der Waals surface area contributed by atoms with Crippen molar-refractivity contribution in [1.29, 1.82) is 0 Å². The molecule has 1 aromatic carbocycles. The third kappa shape index (κ3) is 5.66. The number of benzene rings is 1. The van der Waals surface area contributed by atoms with Crippen LogP contribution in [0.15, 0.2) is 30.5 Å². The van der Waals surface area contributed by atoms with Crippen LogP contribution < -0.4 is 4.90 Å². The predicted molar refractivity (Wildman–Crippen MR) is 151 cm³/mol. The molecule has 1 amide bonds. The van der Waals surface area contributed by atoms with Crippen LogP contribution in [0.4, 0.5) is 5.13 Å². The number of imidazole rings is 1. The number of fused-ring (bicyclic) bond motifs is 1. The second-order valence-electron chi connectivity index (χ2n) is 10.9. The van der Waals surface area contributed by atoms with Gasteiger partial charge < -0.3 is 14.7 Å². The fourth-order valence-corrected chi connectivity index (χ4v) is 7.30. The maximum atomic E-state index is 13.6. The van der Waals surface area contributed by atoms with E-state index in [1.165, 1.54) is 45.2 Å². The fourth-order valence-electron chi connectivity index (χ4n) is 6.23. The van der Waals surface area contributed by atoms with Crippen molar-refractivity contribution >= 4 is 38.9 Å². The van der Waals surface area contributed by atoms with Crippen molar-refractivity contribution in [2.75, 3.05) is 44.2 Å². The van der Waals surface area contributed by atoms with E-state index in [1.54, 1.807) is 11.3 Å². The molecule has 7 nitrogen and oxygen atoms in total. The summed E-state index contributed by atoms with van der Waals surface area (Å²) in [5, 5.41) is 6.53. The molecule has 0 bridgehead atoms. The average Bonchev–Trinajstić information content (AvgIpc) is 3.53. The van der Waals surface area contributed by atoms with E-state index < -0.39 is 0 Å². The smallest absolute Gasteiger partial charge is 0.226 e. The molecule has 198 valence electrons. The Hall–Kier alpha value is -2.16. The zero-order chi connectivity index (χ0) is 25.2. The number of halogens is 1. The van der Waals surface area contributed by atoms with Crippen LogP contribution in [0.3, 0.4) is 0 Å². The molecule has 3 fully saturated rings. The number of hydrogen-bond donors (Lipinski definition) is 0. The summed E-state index contributed by atoms with van der Waals surface area (Å²) in [6, 6.07) is 8.17. The molecule has 0 radical (unpaired) electrons. The Bertz CT molecular complexity index is 1160. The highest BCUT2D eigenvalue weighted by Gasteiger charge is 2.34. The van der Waals surface area contributed by atoms with Crippen molar-refractivity contribution in [3.05, 3.63) is 35.5 Å². The van der Waals surface area contributed by atoms with E-state index in [0.29, 0.717) is 11.9 Å². The normalized spacial score (nSPS) is 22.1. The summed E-state index contributed by atoms with van der Waals surface area (Å²) in [5.41, 5.74) is 1.94. The van der Waals surface area contributed by atoms with E-state index in [9.17, 15) is 4.79 Å². The van der Waals surface area contributed by atoms with Crippen LogP contribution in [-0.2, 0) is 4.79 Å². The SMILES string of the molecule is O=C(C1CCN(c2nn3cc(-c4ccc(Cl)cc4)nc3s2)CC1)N1CCCCC1CCN1CCCCC1. The van der Waals surface area contributed by atoms with Gasteiger partial charge in [-0.05, 0) is 76.6 Å². The first-order valence-corrected chi connectivity index (χ1v) is 15.2. The standard InChI is InChI=1S/C28H37ClN6OS/c29-23-9-7-21(8-10-23)25-20-35-27(30-25)37-28(31-35)33-18-11-22(12-19-33)26(36)34-16-5-2-6-24(34)13-17-32-14-3-1-4-15-32/h7-10,20,22,24H,1-6,11-19H2. The highest BCUT2D eigenvalue weighted by Crippen LogP contribution is 2.32. The van der Waals surface area contributed by atoms with Gasteiger partial charge in [0, 0.05) is 48.7 Å². The summed E-state index contributed by atoms with van der Waals surface area (Å²) >= 11 is 7.64. The van der Waals surface area contributed by atoms with Crippen LogP contribution in [0.25, 0.3) is 16.2 Å². The van der Waals surface area contributed by atoms with Gasteiger partial charge >= 0.3 is 0 Å². The molecular weight excluding hydrogens is 504 g/mol. The lowest BCUT2D eigenvalue weighted by Gasteiger charge is -2.41. The van der Waals surface area contributed by atoms with Gasteiger partial charge in [-0.1, -0.05) is 41.5 Å². The summed E-state index contributed by atoms with van der Waals surface area (Å²) in [6.07, 6.45) is 12.6. The van der Waals surface area contributed by atoms with E-state index in [1.807, 2.05) is 35.0 Å². The summed E-state index contributed by atoms with van der Waals surface area (Å²) in [6.45, 7) is 6.33. The van der Waals surface area contributed by atoms with Crippen LogP contribution in [0.5, 0.6) is 0 Å². The number of anilines is 1. The highest BCUT2D eigenvalue weighted by atomic mass is 35.5. The molecule has 0 N–H and O–H groups in total. The van der Waals surface area contributed by atoms with Crippen molar-refractivity contribution in [3.8, 4) is 11.3 Å². The lowest BCUT2D eigenvalue weighted by atomic mass is 9.91. The van der Waals surface area contributed by atoms with Gasteiger partial charge in [-0.2, -0.15) is 0 Å². The molecule has 3 aliphatic heterocycles. The number of likely N-dealkylation sites (tertiary alicyclic amines) is 2.